The summed E-state index contributed by atoms with van der Waals surface area (Å²) < 4.78 is 10.6. The van der Waals surface area contributed by atoms with E-state index in [1.165, 1.54) is 5.56 Å². The Morgan fingerprint density at radius 2 is 1.83 bits per heavy atom. The quantitative estimate of drug-likeness (QED) is 0.875. The lowest BCUT2D eigenvalue weighted by molar-refractivity contribution is -0.119. The van der Waals surface area contributed by atoms with Gasteiger partial charge in [-0.3, -0.25) is 4.79 Å². The van der Waals surface area contributed by atoms with Gasteiger partial charge < -0.3 is 14.8 Å². The van der Waals surface area contributed by atoms with Crippen LogP contribution in [0.25, 0.3) is 6.08 Å². The maximum Gasteiger partial charge on any atom is 0.244 e. The van der Waals surface area contributed by atoms with Crippen molar-refractivity contribution in [3.8, 4) is 11.5 Å². The number of hydrogen-bond donors (Lipinski definition) is 1. The summed E-state index contributed by atoms with van der Waals surface area (Å²) in [4.78, 5) is 12.4. The van der Waals surface area contributed by atoms with E-state index in [-0.39, 0.29) is 18.2 Å². The molecule has 1 aliphatic heterocycles. The third-order valence-corrected chi connectivity index (χ3v) is 4.72. The summed E-state index contributed by atoms with van der Waals surface area (Å²) in [7, 11) is 0. The fraction of sp³-hybridized carbons (Fsp3) is 0.250. The van der Waals surface area contributed by atoms with Gasteiger partial charge in [0, 0.05) is 6.08 Å². The molecule has 0 saturated heterocycles. The molecule has 0 atom stereocenters. The third kappa shape index (κ3) is 2.75. The van der Waals surface area contributed by atoms with Crippen LogP contribution in [0.3, 0.4) is 0 Å². The van der Waals surface area contributed by atoms with Gasteiger partial charge in [-0.25, -0.2) is 0 Å². The van der Waals surface area contributed by atoms with Crippen LogP contribution < -0.4 is 14.8 Å². The molecule has 1 N–H and O–H groups in total. The molecule has 4 nitrogen and oxygen atoms in total. The van der Waals surface area contributed by atoms with Crippen molar-refractivity contribution >= 4 is 12.0 Å². The second-order valence-corrected chi connectivity index (χ2v) is 6.24. The van der Waals surface area contributed by atoms with E-state index >= 15 is 0 Å². The molecule has 2 aromatic carbocycles. The highest BCUT2D eigenvalue weighted by atomic mass is 16.7. The Balaban J connectivity index is 1.46. The van der Waals surface area contributed by atoms with E-state index in [0.717, 1.165) is 36.3 Å². The summed E-state index contributed by atoms with van der Waals surface area (Å²) in [6, 6.07) is 15.8. The Kier molecular flexibility index (Phi) is 3.73. The van der Waals surface area contributed by atoms with E-state index in [0.29, 0.717) is 0 Å². The van der Waals surface area contributed by atoms with Crippen molar-refractivity contribution in [1.82, 2.24) is 5.32 Å². The molecule has 4 rings (SSSR count). The number of ether oxygens (including phenoxy) is 2. The molecule has 4 heteroatoms. The largest absolute Gasteiger partial charge is 0.454 e. The second kappa shape index (κ2) is 6.04. The fourth-order valence-electron chi connectivity index (χ4n) is 3.24. The highest BCUT2D eigenvalue weighted by Crippen LogP contribution is 2.41. The molecule has 0 bridgehead atoms. The molecule has 0 aromatic heterocycles. The Hall–Kier alpha value is -2.75. The first kappa shape index (κ1) is 14.8. The zero-order chi connectivity index (χ0) is 16.4. The molecule has 0 unspecified atom stereocenters. The van der Waals surface area contributed by atoms with E-state index in [2.05, 4.69) is 17.4 Å². The third-order valence-electron chi connectivity index (χ3n) is 4.72. The first-order valence-electron chi connectivity index (χ1n) is 8.21. The lowest BCUT2D eigenvalue weighted by atomic mass is 9.72. The van der Waals surface area contributed by atoms with Crippen LogP contribution in [0.5, 0.6) is 11.5 Å². The predicted octanol–water partition coefficient (Wildman–Crippen LogP) is 3.62. The van der Waals surface area contributed by atoms with Crippen LogP contribution in [-0.2, 0) is 10.3 Å². The van der Waals surface area contributed by atoms with Crippen molar-refractivity contribution in [2.24, 2.45) is 0 Å². The minimum Gasteiger partial charge on any atom is -0.454 e. The van der Waals surface area contributed by atoms with Gasteiger partial charge in [0.05, 0.1) is 5.54 Å². The van der Waals surface area contributed by atoms with Gasteiger partial charge in [0.25, 0.3) is 0 Å². The van der Waals surface area contributed by atoms with Crippen molar-refractivity contribution in [3.63, 3.8) is 0 Å². The first-order valence-corrected chi connectivity index (χ1v) is 8.21. The number of rotatable bonds is 4. The molecule has 122 valence electrons. The molecular formula is C20H19NO3. The maximum absolute atomic E-state index is 12.4. The van der Waals surface area contributed by atoms with E-state index in [9.17, 15) is 4.79 Å². The minimum atomic E-state index is -0.211. The molecule has 1 amide bonds. The SMILES string of the molecule is O=C(/C=C/c1ccc2c(c1)OCO2)NC1(c2ccccc2)CCC1. The predicted molar refractivity (Wildman–Crippen MR) is 91.7 cm³/mol. The van der Waals surface area contributed by atoms with Crippen molar-refractivity contribution < 1.29 is 14.3 Å². The smallest absolute Gasteiger partial charge is 0.244 e. The lowest BCUT2D eigenvalue weighted by Gasteiger charge is -2.42. The zero-order valence-electron chi connectivity index (χ0n) is 13.3. The summed E-state index contributed by atoms with van der Waals surface area (Å²) in [6.45, 7) is 0.253. The van der Waals surface area contributed by atoms with Gasteiger partial charge in [-0.2, -0.15) is 0 Å². The van der Waals surface area contributed by atoms with Crippen LogP contribution in [0.4, 0.5) is 0 Å². The monoisotopic (exact) mass is 321 g/mol. The van der Waals surface area contributed by atoms with Gasteiger partial charge in [-0.15, -0.1) is 0 Å². The van der Waals surface area contributed by atoms with Crippen LogP contribution >= 0.6 is 0 Å². The van der Waals surface area contributed by atoms with Crippen LogP contribution in [0.1, 0.15) is 30.4 Å². The van der Waals surface area contributed by atoms with Crippen molar-refractivity contribution in [2.75, 3.05) is 6.79 Å². The number of amides is 1. The number of nitrogens with one attached hydrogen (secondary N) is 1. The molecule has 24 heavy (non-hydrogen) atoms. The van der Waals surface area contributed by atoms with Gasteiger partial charge >= 0.3 is 0 Å². The number of carbonyl (C=O) groups is 1. The second-order valence-electron chi connectivity index (χ2n) is 6.24. The molecule has 1 aliphatic carbocycles. The molecule has 1 fully saturated rings. The standard InChI is InChI=1S/C20H19NO3/c22-19(10-8-15-7-9-17-18(13-15)24-14-23-17)21-20(11-4-12-20)16-5-2-1-3-6-16/h1-3,5-10,13H,4,11-12,14H2,(H,21,22)/b10-8+. The molecule has 1 saturated carbocycles. The van der Waals surface area contributed by atoms with Gasteiger partial charge in [0.15, 0.2) is 11.5 Å². The Labute approximate surface area is 141 Å². The van der Waals surface area contributed by atoms with Crippen LogP contribution in [-0.4, -0.2) is 12.7 Å². The molecule has 2 aliphatic rings. The van der Waals surface area contributed by atoms with E-state index in [1.54, 1.807) is 12.2 Å². The number of hydrogen-bond acceptors (Lipinski definition) is 3. The molecule has 0 spiro atoms. The van der Waals surface area contributed by atoms with Crippen LogP contribution in [0.15, 0.2) is 54.6 Å². The number of benzene rings is 2. The Bertz CT molecular complexity index is 779. The van der Waals surface area contributed by atoms with E-state index < -0.39 is 0 Å². The maximum atomic E-state index is 12.4. The molecule has 2 aromatic rings. The average molecular weight is 321 g/mol. The summed E-state index contributed by atoms with van der Waals surface area (Å²) in [6.07, 6.45) is 6.50. The number of carbonyl (C=O) groups excluding carboxylic acids is 1. The summed E-state index contributed by atoms with van der Waals surface area (Å²) >= 11 is 0. The molecular weight excluding hydrogens is 302 g/mol. The van der Waals surface area contributed by atoms with Gasteiger partial charge in [-0.05, 0) is 48.6 Å². The summed E-state index contributed by atoms with van der Waals surface area (Å²) in [5.74, 6) is 1.39. The van der Waals surface area contributed by atoms with Crippen molar-refractivity contribution in [3.05, 3.63) is 65.7 Å². The van der Waals surface area contributed by atoms with Gasteiger partial charge in [-0.1, -0.05) is 36.4 Å². The van der Waals surface area contributed by atoms with Crippen LogP contribution in [0, 0.1) is 0 Å². The highest BCUT2D eigenvalue weighted by molar-refractivity contribution is 5.92. The minimum absolute atomic E-state index is 0.0729. The molecule has 1 heterocycles. The normalized spacial score (nSPS) is 17.5. The Morgan fingerprint density at radius 1 is 1.04 bits per heavy atom. The topological polar surface area (TPSA) is 47.6 Å². The van der Waals surface area contributed by atoms with Crippen LogP contribution in [0.2, 0.25) is 0 Å². The summed E-state index contributed by atoms with van der Waals surface area (Å²) in [5.41, 5.74) is 1.88. The average Bonchev–Trinajstić information content (AvgIpc) is 3.05. The van der Waals surface area contributed by atoms with Gasteiger partial charge in [0.2, 0.25) is 12.7 Å². The number of fused-ring (bicyclic) bond motifs is 1. The van der Waals surface area contributed by atoms with E-state index in [1.807, 2.05) is 36.4 Å². The first-order chi connectivity index (χ1) is 11.8. The van der Waals surface area contributed by atoms with Gasteiger partial charge in [0.1, 0.15) is 0 Å². The lowest BCUT2D eigenvalue weighted by Crippen LogP contribution is -2.50. The van der Waals surface area contributed by atoms with Crippen molar-refractivity contribution in [1.29, 1.82) is 0 Å². The summed E-state index contributed by atoms with van der Waals surface area (Å²) in [5, 5.41) is 3.19. The molecule has 0 radical (unpaired) electrons. The Morgan fingerprint density at radius 3 is 2.58 bits per heavy atom. The van der Waals surface area contributed by atoms with Crippen molar-refractivity contribution in [2.45, 2.75) is 24.8 Å². The zero-order valence-corrected chi connectivity index (χ0v) is 13.3. The highest BCUT2D eigenvalue weighted by Gasteiger charge is 2.39. The van der Waals surface area contributed by atoms with E-state index in [4.69, 9.17) is 9.47 Å². The fourth-order valence-corrected chi connectivity index (χ4v) is 3.24.